The summed E-state index contributed by atoms with van der Waals surface area (Å²) < 4.78 is 5.48. The summed E-state index contributed by atoms with van der Waals surface area (Å²) in [6.07, 6.45) is 1.05. The molecule has 0 heterocycles. The highest BCUT2D eigenvalue weighted by Crippen LogP contribution is 2.64. The van der Waals surface area contributed by atoms with Crippen LogP contribution in [0.1, 0.15) is 52.2 Å². The summed E-state index contributed by atoms with van der Waals surface area (Å²) in [5.74, 6) is 0.933. The average molecular weight is 262 g/mol. The van der Waals surface area contributed by atoms with Crippen molar-refractivity contribution < 1.29 is 9.84 Å². The molecular formula is C17H26O2. The van der Waals surface area contributed by atoms with E-state index in [4.69, 9.17) is 4.74 Å². The first-order valence-corrected chi connectivity index (χ1v) is 6.98. The van der Waals surface area contributed by atoms with Crippen molar-refractivity contribution in [2.75, 3.05) is 13.7 Å². The van der Waals surface area contributed by atoms with E-state index < -0.39 is 0 Å². The summed E-state index contributed by atoms with van der Waals surface area (Å²) in [4.78, 5) is 0. The normalized spacial score (nSPS) is 25.2. The van der Waals surface area contributed by atoms with Crippen LogP contribution in [0.2, 0.25) is 0 Å². The van der Waals surface area contributed by atoms with E-state index in [2.05, 4.69) is 46.8 Å². The Balaban J connectivity index is 2.51. The molecule has 0 saturated heterocycles. The van der Waals surface area contributed by atoms with Crippen LogP contribution in [0, 0.1) is 5.41 Å². The number of hydrogen-bond donors (Lipinski definition) is 1. The van der Waals surface area contributed by atoms with Gasteiger partial charge in [0.2, 0.25) is 0 Å². The molecule has 0 amide bonds. The third kappa shape index (κ3) is 2.16. The van der Waals surface area contributed by atoms with Crippen LogP contribution in [-0.2, 0) is 10.8 Å². The Morgan fingerprint density at radius 2 is 1.84 bits per heavy atom. The smallest absolute Gasteiger partial charge is 0.122 e. The van der Waals surface area contributed by atoms with Gasteiger partial charge in [0.15, 0.2) is 0 Å². The van der Waals surface area contributed by atoms with Gasteiger partial charge in [-0.2, -0.15) is 0 Å². The number of benzene rings is 1. The fourth-order valence-corrected chi connectivity index (χ4v) is 3.16. The molecule has 1 atom stereocenters. The second kappa shape index (κ2) is 4.24. The van der Waals surface area contributed by atoms with E-state index in [1.54, 1.807) is 7.11 Å². The summed E-state index contributed by atoms with van der Waals surface area (Å²) in [5, 5.41) is 9.83. The van der Waals surface area contributed by atoms with E-state index in [1.807, 2.05) is 6.07 Å². The van der Waals surface area contributed by atoms with E-state index in [-0.39, 0.29) is 22.9 Å². The predicted molar refractivity (Wildman–Crippen MR) is 78.9 cm³/mol. The molecule has 0 aliphatic heterocycles. The van der Waals surface area contributed by atoms with Gasteiger partial charge in [0.05, 0.1) is 13.7 Å². The van der Waals surface area contributed by atoms with Crippen molar-refractivity contribution in [1.82, 2.24) is 0 Å². The Kier molecular flexibility index (Phi) is 3.21. The number of hydrogen-bond acceptors (Lipinski definition) is 2. The van der Waals surface area contributed by atoms with Crippen molar-refractivity contribution in [3.8, 4) is 5.75 Å². The molecule has 1 aliphatic rings. The summed E-state index contributed by atoms with van der Waals surface area (Å²) in [6.45, 7) is 11.2. The fraction of sp³-hybridized carbons (Fsp3) is 0.647. The zero-order chi connectivity index (χ0) is 14.5. The zero-order valence-electron chi connectivity index (χ0n) is 13.0. The van der Waals surface area contributed by atoms with E-state index in [0.29, 0.717) is 0 Å². The Morgan fingerprint density at radius 3 is 2.21 bits per heavy atom. The second-order valence-corrected chi connectivity index (χ2v) is 7.47. The molecule has 0 bridgehead atoms. The summed E-state index contributed by atoms with van der Waals surface area (Å²) >= 11 is 0. The van der Waals surface area contributed by atoms with Crippen molar-refractivity contribution in [3.63, 3.8) is 0 Å². The predicted octanol–water partition coefficient (Wildman–Crippen LogP) is 3.65. The number of methoxy groups -OCH3 is 1. The largest absolute Gasteiger partial charge is 0.496 e. The van der Waals surface area contributed by atoms with Crippen molar-refractivity contribution in [3.05, 3.63) is 29.3 Å². The van der Waals surface area contributed by atoms with Gasteiger partial charge in [-0.3, -0.25) is 0 Å². The molecule has 1 aromatic carbocycles. The molecule has 1 aliphatic carbocycles. The average Bonchev–Trinajstić information content (AvgIpc) is 2.91. The molecule has 0 radical (unpaired) electrons. The van der Waals surface area contributed by atoms with Gasteiger partial charge in [0.1, 0.15) is 5.75 Å². The Bertz CT molecular complexity index is 483. The topological polar surface area (TPSA) is 29.5 Å². The molecule has 1 N–H and O–H groups in total. The van der Waals surface area contributed by atoms with Crippen LogP contribution < -0.4 is 4.74 Å². The molecule has 0 aromatic heterocycles. The minimum Gasteiger partial charge on any atom is -0.496 e. The first-order valence-electron chi connectivity index (χ1n) is 6.98. The molecule has 2 nitrogen and oxygen atoms in total. The molecule has 1 aromatic rings. The van der Waals surface area contributed by atoms with Crippen molar-refractivity contribution in [2.45, 2.75) is 51.9 Å². The van der Waals surface area contributed by atoms with Gasteiger partial charge in [0.25, 0.3) is 0 Å². The molecular weight excluding hydrogens is 236 g/mol. The molecule has 1 fully saturated rings. The van der Waals surface area contributed by atoms with Gasteiger partial charge in [-0.25, -0.2) is 0 Å². The van der Waals surface area contributed by atoms with Crippen LogP contribution >= 0.6 is 0 Å². The third-order valence-corrected chi connectivity index (χ3v) is 4.74. The van der Waals surface area contributed by atoms with Crippen molar-refractivity contribution in [1.29, 1.82) is 0 Å². The summed E-state index contributed by atoms with van der Waals surface area (Å²) in [6, 6.07) is 6.38. The quantitative estimate of drug-likeness (QED) is 0.901. The number of ether oxygens (including phenoxy) is 1. The van der Waals surface area contributed by atoms with Crippen LogP contribution in [0.4, 0.5) is 0 Å². The maximum absolute atomic E-state index is 9.83. The minimum atomic E-state index is -0.0702. The molecule has 2 heteroatoms. The first kappa shape index (κ1) is 14.4. The van der Waals surface area contributed by atoms with E-state index in [1.165, 1.54) is 11.1 Å². The maximum Gasteiger partial charge on any atom is 0.122 e. The molecule has 1 saturated carbocycles. The number of aliphatic hydroxyl groups is 1. The SMILES string of the molecule is COc1ccc(C2(CO)CC2(C)C)cc1C(C)(C)C. The summed E-state index contributed by atoms with van der Waals surface area (Å²) in [5.41, 5.74) is 2.61. The lowest BCUT2D eigenvalue weighted by Gasteiger charge is -2.26. The van der Waals surface area contributed by atoms with Gasteiger partial charge in [-0.1, -0.05) is 46.8 Å². The number of aliphatic hydroxyl groups excluding tert-OH is 1. The minimum absolute atomic E-state index is 0.0387. The highest BCUT2D eigenvalue weighted by molar-refractivity contribution is 5.47. The van der Waals surface area contributed by atoms with E-state index >= 15 is 0 Å². The van der Waals surface area contributed by atoms with Crippen LogP contribution in [-0.4, -0.2) is 18.8 Å². The van der Waals surface area contributed by atoms with Crippen LogP contribution in [0.3, 0.4) is 0 Å². The summed E-state index contributed by atoms with van der Waals surface area (Å²) in [7, 11) is 1.72. The van der Waals surface area contributed by atoms with Gasteiger partial charge >= 0.3 is 0 Å². The highest BCUT2D eigenvalue weighted by atomic mass is 16.5. The molecule has 0 spiro atoms. The maximum atomic E-state index is 9.83. The van der Waals surface area contributed by atoms with Gasteiger partial charge in [-0.15, -0.1) is 0 Å². The first-order chi connectivity index (χ1) is 8.68. The van der Waals surface area contributed by atoms with Crippen LogP contribution in [0.5, 0.6) is 5.75 Å². The monoisotopic (exact) mass is 262 g/mol. The Morgan fingerprint density at radius 1 is 1.26 bits per heavy atom. The van der Waals surface area contributed by atoms with Gasteiger partial charge in [-0.05, 0) is 34.4 Å². The molecule has 19 heavy (non-hydrogen) atoms. The Labute approximate surface area is 116 Å². The van der Waals surface area contributed by atoms with Crippen LogP contribution in [0.15, 0.2) is 18.2 Å². The van der Waals surface area contributed by atoms with E-state index in [9.17, 15) is 5.11 Å². The van der Waals surface area contributed by atoms with Crippen molar-refractivity contribution in [2.24, 2.45) is 5.41 Å². The fourth-order valence-electron chi connectivity index (χ4n) is 3.16. The molecule has 2 rings (SSSR count). The lowest BCUT2D eigenvalue weighted by atomic mass is 9.81. The number of rotatable bonds is 3. The van der Waals surface area contributed by atoms with Gasteiger partial charge < -0.3 is 9.84 Å². The lowest BCUT2D eigenvalue weighted by Crippen LogP contribution is -2.21. The standard InChI is InChI=1S/C17H26O2/c1-15(2,3)13-9-12(7-8-14(13)19-6)17(11-18)10-16(17,4)5/h7-9,18H,10-11H2,1-6H3. The van der Waals surface area contributed by atoms with Crippen LogP contribution in [0.25, 0.3) is 0 Å². The highest BCUT2D eigenvalue weighted by Gasteiger charge is 2.61. The lowest BCUT2D eigenvalue weighted by molar-refractivity contribution is 0.231. The molecule has 1 unspecified atom stereocenters. The Hall–Kier alpha value is -1.02. The van der Waals surface area contributed by atoms with Gasteiger partial charge in [0, 0.05) is 5.41 Å². The molecule has 106 valence electrons. The third-order valence-electron chi connectivity index (χ3n) is 4.74. The zero-order valence-corrected chi connectivity index (χ0v) is 13.0. The second-order valence-electron chi connectivity index (χ2n) is 7.47. The van der Waals surface area contributed by atoms with Crippen molar-refractivity contribution >= 4 is 0 Å². The van der Waals surface area contributed by atoms with E-state index in [0.717, 1.165) is 12.2 Å².